The summed E-state index contributed by atoms with van der Waals surface area (Å²) >= 11 is 0. The molecule has 6 heteroatoms. The van der Waals surface area contributed by atoms with E-state index in [9.17, 15) is 4.79 Å². The SMILES string of the molecule is CCOc1cc(C(=O)O[C@@H](C)C#N)cc(OCC)c1OCC. The summed E-state index contributed by atoms with van der Waals surface area (Å²) in [4.78, 5) is 12.1. The number of rotatable bonds is 8. The summed E-state index contributed by atoms with van der Waals surface area (Å²) in [6, 6.07) is 4.91. The zero-order chi connectivity index (χ0) is 16.5. The van der Waals surface area contributed by atoms with Gasteiger partial charge in [0.1, 0.15) is 6.07 Å². The van der Waals surface area contributed by atoms with E-state index in [1.165, 1.54) is 19.1 Å². The lowest BCUT2D eigenvalue weighted by atomic mass is 10.1. The van der Waals surface area contributed by atoms with E-state index in [2.05, 4.69) is 0 Å². The number of carbonyl (C=O) groups is 1. The third-order valence-electron chi connectivity index (χ3n) is 2.61. The van der Waals surface area contributed by atoms with Gasteiger partial charge in [-0.3, -0.25) is 0 Å². The van der Waals surface area contributed by atoms with E-state index in [-0.39, 0.29) is 5.56 Å². The Morgan fingerprint density at radius 2 is 1.59 bits per heavy atom. The molecule has 0 fully saturated rings. The minimum atomic E-state index is -0.829. The molecular weight excluding hydrogens is 286 g/mol. The highest BCUT2D eigenvalue weighted by molar-refractivity contribution is 5.91. The number of ether oxygens (including phenoxy) is 4. The molecule has 0 N–H and O–H groups in total. The number of nitriles is 1. The maximum Gasteiger partial charge on any atom is 0.339 e. The van der Waals surface area contributed by atoms with Crippen LogP contribution in [0.1, 0.15) is 38.1 Å². The molecule has 0 unspecified atom stereocenters. The fourth-order valence-electron chi connectivity index (χ4n) is 1.76. The maximum absolute atomic E-state index is 12.1. The lowest BCUT2D eigenvalue weighted by Crippen LogP contribution is -2.14. The first kappa shape index (κ1) is 17.6. The first-order valence-electron chi connectivity index (χ1n) is 7.24. The minimum Gasteiger partial charge on any atom is -0.490 e. The third kappa shape index (κ3) is 4.55. The van der Waals surface area contributed by atoms with Gasteiger partial charge in [-0.1, -0.05) is 0 Å². The zero-order valence-electron chi connectivity index (χ0n) is 13.3. The second-order valence-corrected chi connectivity index (χ2v) is 4.28. The molecule has 0 saturated heterocycles. The number of hydrogen-bond acceptors (Lipinski definition) is 6. The molecule has 22 heavy (non-hydrogen) atoms. The Bertz CT molecular complexity index is 523. The summed E-state index contributed by atoms with van der Waals surface area (Å²) in [5.74, 6) is 0.661. The molecule has 0 spiro atoms. The van der Waals surface area contributed by atoms with E-state index < -0.39 is 12.1 Å². The normalized spacial score (nSPS) is 11.2. The van der Waals surface area contributed by atoms with Crippen LogP contribution in [0.15, 0.2) is 12.1 Å². The zero-order valence-corrected chi connectivity index (χ0v) is 13.3. The van der Waals surface area contributed by atoms with E-state index in [4.69, 9.17) is 24.2 Å². The average Bonchev–Trinajstić information content (AvgIpc) is 2.50. The largest absolute Gasteiger partial charge is 0.490 e. The molecule has 0 aliphatic carbocycles. The Labute approximate surface area is 130 Å². The van der Waals surface area contributed by atoms with Gasteiger partial charge in [-0.25, -0.2) is 4.79 Å². The van der Waals surface area contributed by atoms with Crippen molar-refractivity contribution in [2.75, 3.05) is 19.8 Å². The quantitative estimate of drug-likeness (QED) is 0.687. The van der Waals surface area contributed by atoms with Crippen molar-refractivity contribution in [3.05, 3.63) is 17.7 Å². The lowest BCUT2D eigenvalue weighted by Gasteiger charge is -2.17. The fraction of sp³-hybridized carbons (Fsp3) is 0.500. The van der Waals surface area contributed by atoms with Gasteiger partial charge in [0.05, 0.1) is 25.4 Å². The van der Waals surface area contributed by atoms with Crippen molar-refractivity contribution in [1.29, 1.82) is 5.26 Å². The molecule has 120 valence electrons. The van der Waals surface area contributed by atoms with Crippen LogP contribution in [-0.2, 0) is 4.74 Å². The minimum absolute atomic E-state index is 0.248. The molecular formula is C16H21NO5. The van der Waals surface area contributed by atoms with E-state index in [1.54, 1.807) is 0 Å². The van der Waals surface area contributed by atoms with Crippen LogP contribution in [0, 0.1) is 11.3 Å². The van der Waals surface area contributed by atoms with Crippen molar-refractivity contribution in [3.8, 4) is 23.3 Å². The summed E-state index contributed by atoms with van der Waals surface area (Å²) in [5.41, 5.74) is 0.248. The monoisotopic (exact) mass is 307 g/mol. The van der Waals surface area contributed by atoms with Gasteiger partial charge in [0, 0.05) is 0 Å². The van der Waals surface area contributed by atoms with Crippen molar-refractivity contribution in [1.82, 2.24) is 0 Å². The van der Waals surface area contributed by atoms with Gasteiger partial charge >= 0.3 is 5.97 Å². The molecule has 0 amide bonds. The summed E-state index contributed by atoms with van der Waals surface area (Å²) in [6.07, 6.45) is -0.829. The Morgan fingerprint density at radius 1 is 1.09 bits per heavy atom. The first-order chi connectivity index (χ1) is 10.6. The smallest absolute Gasteiger partial charge is 0.339 e. The van der Waals surface area contributed by atoms with Crippen molar-refractivity contribution in [3.63, 3.8) is 0 Å². The molecule has 0 aliphatic rings. The topological polar surface area (TPSA) is 77.8 Å². The molecule has 6 nitrogen and oxygen atoms in total. The lowest BCUT2D eigenvalue weighted by molar-refractivity contribution is 0.0434. The highest BCUT2D eigenvalue weighted by atomic mass is 16.5. The number of carbonyl (C=O) groups excluding carboxylic acids is 1. The van der Waals surface area contributed by atoms with Gasteiger partial charge in [0.2, 0.25) is 5.75 Å². The van der Waals surface area contributed by atoms with Crippen LogP contribution in [0.3, 0.4) is 0 Å². The van der Waals surface area contributed by atoms with Crippen LogP contribution < -0.4 is 14.2 Å². The van der Waals surface area contributed by atoms with Crippen LogP contribution in [0.25, 0.3) is 0 Å². The van der Waals surface area contributed by atoms with E-state index in [1.807, 2.05) is 26.8 Å². The third-order valence-corrected chi connectivity index (χ3v) is 2.61. The van der Waals surface area contributed by atoms with Gasteiger partial charge in [-0.05, 0) is 39.8 Å². The van der Waals surface area contributed by atoms with E-state index in [0.717, 1.165) is 0 Å². The number of benzene rings is 1. The van der Waals surface area contributed by atoms with Gasteiger partial charge in [-0.15, -0.1) is 0 Å². The number of nitrogens with zero attached hydrogens (tertiary/aromatic N) is 1. The summed E-state index contributed by atoms with van der Waals surface area (Å²) in [6.45, 7) is 8.28. The van der Waals surface area contributed by atoms with Crippen molar-refractivity contribution >= 4 is 5.97 Å². The molecule has 1 aromatic carbocycles. The second-order valence-electron chi connectivity index (χ2n) is 4.28. The first-order valence-corrected chi connectivity index (χ1v) is 7.24. The molecule has 1 aromatic rings. The Balaban J connectivity index is 3.23. The predicted molar refractivity (Wildman–Crippen MR) is 80.4 cm³/mol. The van der Waals surface area contributed by atoms with Crippen molar-refractivity contribution in [2.45, 2.75) is 33.8 Å². The van der Waals surface area contributed by atoms with Gasteiger partial charge in [-0.2, -0.15) is 5.26 Å². The Hall–Kier alpha value is -2.42. The van der Waals surface area contributed by atoms with E-state index in [0.29, 0.717) is 37.1 Å². The molecule has 0 bridgehead atoms. The predicted octanol–water partition coefficient (Wildman–Crippen LogP) is 2.95. The summed E-state index contributed by atoms with van der Waals surface area (Å²) in [7, 11) is 0. The highest BCUT2D eigenvalue weighted by Crippen LogP contribution is 2.39. The van der Waals surface area contributed by atoms with Crippen LogP contribution in [-0.4, -0.2) is 31.9 Å². The molecule has 0 aromatic heterocycles. The number of esters is 1. The Morgan fingerprint density at radius 3 is 2.00 bits per heavy atom. The molecule has 0 radical (unpaired) electrons. The van der Waals surface area contributed by atoms with Gasteiger partial charge < -0.3 is 18.9 Å². The maximum atomic E-state index is 12.1. The highest BCUT2D eigenvalue weighted by Gasteiger charge is 2.20. The second kappa shape index (κ2) is 8.78. The van der Waals surface area contributed by atoms with Crippen LogP contribution in [0.4, 0.5) is 0 Å². The molecule has 0 saturated carbocycles. The Kier molecular flexibility index (Phi) is 7.03. The molecule has 1 rings (SSSR count). The van der Waals surface area contributed by atoms with Crippen LogP contribution in [0.2, 0.25) is 0 Å². The number of hydrogen-bond donors (Lipinski definition) is 0. The molecule has 0 aliphatic heterocycles. The summed E-state index contributed by atoms with van der Waals surface area (Å²) < 4.78 is 21.6. The van der Waals surface area contributed by atoms with Crippen LogP contribution in [0.5, 0.6) is 17.2 Å². The van der Waals surface area contributed by atoms with Gasteiger partial charge in [0.15, 0.2) is 17.6 Å². The fourth-order valence-corrected chi connectivity index (χ4v) is 1.76. The molecule has 0 heterocycles. The summed E-state index contributed by atoms with van der Waals surface area (Å²) in [5, 5.41) is 8.73. The van der Waals surface area contributed by atoms with Crippen LogP contribution >= 0.6 is 0 Å². The van der Waals surface area contributed by atoms with Crippen molar-refractivity contribution in [2.24, 2.45) is 0 Å². The average molecular weight is 307 g/mol. The van der Waals surface area contributed by atoms with Crippen molar-refractivity contribution < 1.29 is 23.7 Å². The standard InChI is InChI=1S/C16H21NO5/c1-5-19-13-8-12(16(18)22-11(4)10-17)9-14(20-6-2)15(13)21-7-3/h8-9,11H,5-7H2,1-4H3/t11-/m0/s1. The van der Waals surface area contributed by atoms with E-state index >= 15 is 0 Å². The molecule has 1 atom stereocenters. The van der Waals surface area contributed by atoms with Gasteiger partial charge in [0.25, 0.3) is 0 Å².